The van der Waals surface area contributed by atoms with Gasteiger partial charge in [0.2, 0.25) is 0 Å². The zero-order chi connectivity index (χ0) is 14.7. The molecule has 4 unspecified atom stereocenters. The number of para-hydroxylation sites is 1. The van der Waals surface area contributed by atoms with Crippen molar-refractivity contribution in [1.82, 2.24) is 4.90 Å². The van der Waals surface area contributed by atoms with E-state index in [1.54, 1.807) is 7.11 Å². The maximum absolute atomic E-state index is 6.33. The fraction of sp³-hybridized carbons (Fsp3) is 0.625. The van der Waals surface area contributed by atoms with Gasteiger partial charge in [-0.3, -0.25) is 4.90 Å². The van der Waals surface area contributed by atoms with Crippen molar-refractivity contribution in [1.29, 1.82) is 0 Å². The number of rotatable bonds is 4. The summed E-state index contributed by atoms with van der Waals surface area (Å²) in [6.45, 7) is 7.79. The van der Waals surface area contributed by atoms with Crippen LogP contribution in [0.2, 0.25) is 0 Å². The predicted molar refractivity (Wildman–Crippen MR) is 87.5 cm³/mol. The van der Waals surface area contributed by atoms with E-state index in [4.69, 9.17) is 10.5 Å². The molecule has 0 aromatic heterocycles. The SMILES string of the molecule is COc1ccccc1C(C(C)N)N1CCSC(C)C1C. The number of methoxy groups -OCH3 is 1. The van der Waals surface area contributed by atoms with Crippen LogP contribution in [0.3, 0.4) is 0 Å². The van der Waals surface area contributed by atoms with E-state index in [1.807, 2.05) is 12.1 Å². The zero-order valence-corrected chi connectivity index (χ0v) is 13.7. The van der Waals surface area contributed by atoms with Crippen molar-refractivity contribution in [2.24, 2.45) is 5.73 Å². The Morgan fingerprint density at radius 2 is 2.05 bits per heavy atom. The molecule has 1 aromatic rings. The number of ether oxygens (including phenoxy) is 1. The highest BCUT2D eigenvalue weighted by Gasteiger charge is 2.34. The first-order valence-electron chi connectivity index (χ1n) is 7.32. The van der Waals surface area contributed by atoms with Gasteiger partial charge in [0.25, 0.3) is 0 Å². The van der Waals surface area contributed by atoms with Crippen LogP contribution in [0.25, 0.3) is 0 Å². The van der Waals surface area contributed by atoms with Crippen molar-refractivity contribution in [2.45, 2.75) is 44.1 Å². The first kappa shape index (κ1) is 15.7. The smallest absolute Gasteiger partial charge is 0.123 e. The Bertz CT molecular complexity index is 438. The molecule has 20 heavy (non-hydrogen) atoms. The lowest BCUT2D eigenvalue weighted by molar-refractivity contribution is 0.128. The number of hydrogen-bond acceptors (Lipinski definition) is 4. The highest BCUT2D eigenvalue weighted by molar-refractivity contribution is 8.00. The zero-order valence-electron chi connectivity index (χ0n) is 12.9. The van der Waals surface area contributed by atoms with Crippen molar-refractivity contribution < 1.29 is 4.74 Å². The molecule has 4 heteroatoms. The van der Waals surface area contributed by atoms with Gasteiger partial charge in [-0.15, -0.1) is 0 Å². The summed E-state index contributed by atoms with van der Waals surface area (Å²) >= 11 is 2.05. The molecule has 1 aliphatic rings. The highest BCUT2D eigenvalue weighted by atomic mass is 32.2. The lowest BCUT2D eigenvalue weighted by Gasteiger charge is -2.44. The van der Waals surface area contributed by atoms with Gasteiger partial charge in [-0.25, -0.2) is 0 Å². The summed E-state index contributed by atoms with van der Waals surface area (Å²) in [7, 11) is 1.73. The van der Waals surface area contributed by atoms with Crippen LogP contribution in [-0.4, -0.2) is 41.6 Å². The largest absolute Gasteiger partial charge is 0.496 e. The second-order valence-electron chi connectivity index (χ2n) is 5.60. The molecule has 1 heterocycles. The number of benzene rings is 1. The predicted octanol–water partition coefficient (Wildman–Crippen LogP) is 2.91. The molecule has 1 aromatic carbocycles. The average molecular weight is 294 g/mol. The van der Waals surface area contributed by atoms with Crippen molar-refractivity contribution in [3.8, 4) is 5.75 Å². The molecule has 1 aliphatic heterocycles. The van der Waals surface area contributed by atoms with Gasteiger partial charge in [-0.2, -0.15) is 11.8 Å². The fourth-order valence-electron chi connectivity index (χ4n) is 3.02. The van der Waals surface area contributed by atoms with E-state index in [-0.39, 0.29) is 12.1 Å². The molecule has 0 amide bonds. The van der Waals surface area contributed by atoms with Crippen molar-refractivity contribution >= 4 is 11.8 Å². The molecule has 1 saturated heterocycles. The quantitative estimate of drug-likeness (QED) is 0.926. The second-order valence-corrected chi connectivity index (χ2v) is 7.09. The molecule has 0 spiro atoms. The van der Waals surface area contributed by atoms with Gasteiger partial charge in [0.05, 0.1) is 13.2 Å². The van der Waals surface area contributed by atoms with Crippen LogP contribution < -0.4 is 10.5 Å². The maximum Gasteiger partial charge on any atom is 0.123 e. The molecule has 0 aliphatic carbocycles. The van der Waals surface area contributed by atoms with Crippen LogP contribution in [0.15, 0.2) is 24.3 Å². The lowest BCUT2D eigenvalue weighted by atomic mass is 9.96. The van der Waals surface area contributed by atoms with Crippen molar-refractivity contribution in [2.75, 3.05) is 19.4 Å². The van der Waals surface area contributed by atoms with Gasteiger partial charge in [0.15, 0.2) is 0 Å². The van der Waals surface area contributed by atoms with Crippen molar-refractivity contribution in [3.05, 3.63) is 29.8 Å². The third-order valence-corrected chi connectivity index (χ3v) is 5.58. The van der Waals surface area contributed by atoms with E-state index in [9.17, 15) is 0 Å². The highest BCUT2D eigenvalue weighted by Crippen LogP contribution is 2.36. The maximum atomic E-state index is 6.33. The number of nitrogens with zero attached hydrogens (tertiary/aromatic N) is 1. The third-order valence-electron chi connectivity index (χ3n) is 4.25. The fourth-order valence-corrected chi connectivity index (χ4v) is 4.15. The number of nitrogens with two attached hydrogens (primary N) is 1. The summed E-state index contributed by atoms with van der Waals surface area (Å²) < 4.78 is 5.54. The monoisotopic (exact) mass is 294 g/mol. The van der Waals surface area contributed by atoms with Crippen molar-refractivity contribution in [3.63, 3.8) is 0 Å². The van der Waals surface area contributed by atoms with Crippen LogP contribution >= 0.6 is 11.8 Å². The molecule has 0 radical (unpaired) electrons. The Balaban J connectivity index is 2.35. The first-order chi connectivity index (χ1) is 9.56. The normalized spacial score (nSPS) is 27.1. The summed E-state index contributed by atoms with van der Waals surface area (Å²) in [6.07, 6.45) is 0. The molecule has 1 fully saturated rings. The molecular weight excluding hydrogens is 268 g/mol. The standard InChI is InChI=1S/C16H26N2OS/c1-11(17)16(14-7-5-6-8-15(14)19-4)18-9-10-20-13(3)12(18)2/h5-8,11-13,16H,9-10,17H2,1-4H3. The summed E-state index contributed by atoms with van der Waals surface area (Å²) in [4.78, 5) is 2.55. The van der Waals surface area contributed by atoms with E-state index >= 15 is 0 Å². The van der Waals surface area contributed by atoms with Crippen LogP contribution in [0.4, 0.5) is 0 Å². The van der Waals surface area contributed by atoms with Gasteiger partial charge in [0.1, 0.15) is 5.75 Å². The molecular formula is C16H26N2OS. The number of thioether (sulfide) groups is 1. The molecule has 2 rings (SSSR count). The Kier molecular flexibility index (Phi) is 5.35. The van der Waals surface area contributed by atoms with Crippen LogP contribution in [0, 0.1) is 0 Å². The first-order valence-corrected chi connectivity index (χ1v) is 8.37. The van der Waals surface area contributed by atoms with Gasteiger partial charge in [-0.1, -0.05) is 25.1 Å². The van der Waals surface area contributed by atoms with Crippen LogP contribution in [0.1, 0.15) is 32.4 Å². The molecule has 2 N–H and O–H groups in total. The molecule has 112 valence electrons. The van der Waals surface area contributed by atoms with Gasteiger partial charge in [-0.05, 0) is 19.9 Å². The van der Waals surface area contributed by atoms with E-state index in [1.165, 1.54) is 11.3 Å². The third kappa shape index (κ3) is 3.13. The minimum Gasteiger partial charge on any atom is -0.496 e. The Hall–Kier alpha value is -0.710. The Morgan fingerprint density at radius 1 is 1.35 bits per heavy atom. The summed E-state index contributed by atoms with van der Waals surface area (Å²) in [5.74, 6) is 2.11. The van der Waals surface area contributed by atoms with Gasteiger partial charge < -0.3 is 10.5 Å². The summed E-state index contributed by atoms with van der Waals surface area (Å²) in [5, 5.41) is 0.639. The number of hydrogen-bond donors (Lipinski definition) is 1. The molecule has 3 nitrogen and oxygen atoms in total. The lowest BCUT2D eigenvalue weighted by Crippen LogP contribution is -2.50. The van der Waals surface area contributed by atoms with Gasteiger partial charge in [0, 0.05) is 35.2 Å². The Labute approximate surface area is 126 Å². The average Bonchev–Trinajstić information content (AvgIpc) is 2.44. The summed E-state index contributed by atoms with van der Waals surface area (Å²) in [5.41, 5.74) is 7.53. The van der Waals surface area contributed by atoms with Crippen LogP contribution in [0.5, 0.6) is 5.75 Å². The van der Waals surface area contributed by atoms with Gasteiger partial charge >= 0.3 is 0 Å². The molecule has 0 saturated carbocycles. The molecule has 4 atom stereocenters. The molecule has 0 bridgehead atoms. The van der Waals surface area contributed by atoms with E-state index in [2.05, 4.69) is 49.6 Å². The second kappa shape index (κ2) is 6.83. The Morgan fingerprint density at radius 3 is 2.70 bits per heavy atom. The minimum absolute atomic E-state index is 0.0732. The van der Waals surface area contributed by atoms with E-state index in [0.29, 0.717) is 11.3 Å². The minimum atomic E-state index is 0.0732. The topological polar surface area (TPSA) is 38.5 Å². The van der Waals surface area contributed by atoms with E-state index < -0.39 is 0 Å². The summed E-state index contributed by atoms with van der Waals surface area (Å²) in [6, 6.07) is 9.06. The van der Waals surface area contributed by atoms with E-state index in [0.717, 1.165) is 12.3 Å². The van der Waals surface area contributed by atoms with Crippen LogP contribution in [-0.2, 0) is 0 Å².